The zero-order chi connectivity index (χ0) is 15.8. The van der Waals surface area contributed by atoms with Crippen LogP contribution in [0.1, 0.15) is 55.6 Å². The van der Waals surface area contributed by atoms with Gasteiger partial charge in [-0.25, -0.2) is 0 Å². The fourth-order valence-electron chi connectivity index (χ4n) is 2.81. The molecule has 117 valence electrons. The van der Waals surface area contributed by atoms with Crippen LogP contribution in [0.2, 0.25) is 0 Å². The summed E-state index contributed by atoms with van der Waals surface area (Å²) in [7, 11) is 0. The maximum atomic E-state index is 2.20. The van der Waals surface area contributed by atoms with Crippen molar-refractivity contribution >= 4 is 0 Å². The minimum atomic E-state index is 0. The van der Waals surface area contributed by atoms with Gasteiger partial charge >= 0.3 is 0 Å². The maximum Gasteiger partial charge on any atom is 0 e. The summed E-state index contributed by atoms with van der Waals surface area (Å²) in [6, 6.07) is 0. The van der Waals surface area contributed by atoms with Crippen molar-refractivity contribution in [1.29, 1.82) is 0 Å². The van der Waals surface area contributed by atoms with Crippen LogP contribution >= 0.6 is 0 Å². The Kier molecular flexibility index (Phi) is 7.26. The molecule has 1 radical (unpaired) electrons. The monoisotopic (exact) mass is 321 g/mol. The van der Waals surface area contributed by atoms with Crippen LogP contribution in [-0.2, 0) is 18.6 Å². The molecule has 0 N–H and O–H groups in total. The van der Waals surface area contributed by atoms with E-state index in [4.69, 9.17) is 0 Å². The first-order valence-electron chi connectivity index (χ1n) is 7.50. The van der Waals surface area contributed by atoms with Crippen LogP contribution in [0.3, 0.4) is 0 Å². The molecule has 21 heavy (non-hydrogen) atoms. The van der Waals surface area contributed by atoms with E-state index in [2.05, 4.69) is 69.2 Å². The third-order valence-corrected chi connectivity index (χ3v) is 5.62. The Hall–Kier alpha value is -0.716. The molecule has 0 aliphatic rings. The van der Waals surface area contributed by atoms with E-state index in [1.54, 1.807) is 0 Å². The standard InChI is InChI=1S/2C10H15.V/c2*1-6-7(2)9(4)10(5)8(6)3;/h2*1-5H3;/q2*-1;. The van der Waals surface area contributed by atoms with E-state index < -0.39 is 0 Å². The Bertz CT molecular complexity index is 404. The molecule has 0 saturated heterocycles. The summed E-state index contributed by atoms with van der Waals surface area (Å²) in [6.45, 7) is 22.0. The molecule has 0 heterocycles. The van der Waals surface area contributed by atoms with Gasteiger partial charge in [-0.2, -0.15) is 55.6 Å². The van der Waals surface area contributed by atoms with Gasteiger partial charge in [-0.1, -0.05) is 69.2 Å². The molecule has 0 aliphatic heterocycles. The minimum Gasteiger partial charge on any atom is -0.196 e. The number of hydrogen-bond donors (Lipinski definition) is 0. The van der Waals surface area contributed by atoms with Crippen molar-refractivity contribution in [3.8, 4) is 0 Å². The molecular formula is C20H30V-2. The van der Waals surface area contributed by atoms with Gasteiger partial charge in [0.1, 0.15) is 0 Å². The van der Waals surface area contributed by atoms with Crippen molar-refractivity contribution in [1.82, 2.24) is 0 Å². The van der Waals surface area contributed by atoms with Crippen LogP contribution in [0.25, 0.3) is 0 Å². The van der Waals surface area contributed by atoms with Gasteiger partial charge in [0.25, 0.3) is 0 Å². The second-order valence-corrected chi connectivity index (χ2v) is 6.25. The molecular weight excluding hydrogens is 291 g/mol. The van der Waals surface area contributed by atoms with Crippen LogP contribution in [0.15, 0.2) is 0 Å². The summed E-state index contributed by atoms with van der Waals surface area (Å²) in [5.74, 6) is 0. The fourth-order valence-corrected chi connectivity index (χ4v) is 2.81. The molecule has 0 fully saturated rings. The summed E-state index contributed by atoms with van der Waals surface area (Å²) in [5.41, 5.74) is 14.7. The van der Waals surface area contributed by atoms with Crippen molar-refractivity contribution in [2.75, 3.05) is 0 Å². The molecule has 2 aromatic rings. The summed E-state index contributed by atoms with van der Waals surface area (Å²) in [6.07, 6.45) is 0. The van der Waals surface area contributed by atoms with E-state index in [-0.39, 0.29) is 18.6 Å². The molecule has 1 heteroatoms. The normalized spacial score (nSPS) is 10.0. The van der Waals surface area contributed by atoms with Crippen LogP contribution in [-0.4, -0.2) is 0 Å². The van der Waals surface area contributed by atoms with Crippen molar-refractivity contribution in [3.05, 3.63) is 55.6 Å². The molecule has 0 bridgehead atoms. The van der Waals surface area contributed by atoms with Gasteiger partial charge in [-0.15, -0.1) is 0 Å². The van der Waals surface area contributed by atoms with E-state index in [0.717, 1.165) is 0 Å². The quantitative estimate of drug-likeness (QED) is 0.531. The smallest absolute Gasteiger partial charge is 0 e. The van der Waals surface area contributed by atoms with Crippen molar-refractivity contribution < 1.29 is 18.6 Å². The van der Waals surface area contributed by atoms with E-state index in [1.807, 2.05) is 0 Å². The van der Waals surface area contributed by atoms with Crippen molar-refractivity contribution in [2.45, 2.75) is 69.2 Å². The summed E-state index contributed by atoms with van der Waals surface area (Å²) >= 11 is 0. The van der Waals surface area contributed by atoms with Gasteiger partial charge in [-0.05, 0) is 0 Å². The van der Waals surface area contributed by atoms with E-state index in [1.165, 1.54) is 55.6 Å². The largest absolute Gasteiger partial charge is 0.196 e. The Morgan fingerprint density at radius 3 is 0.619 bits per heavy atom. The first-order valence-corrected chi connectivity index (χ1v) is 7.50. The summed E-state index contributed by atoms with van der Waals surface area (Å²) < 4.78 is 0. The Morgan fingerprint density at radius 1 is 0.429 bits per heavy atom. The summed E-state index contributed by atoms with van der Waals surface area (Å²) in [4.78, 5) is 0. The van der Waals surface area contributed by atoms with Gasteiger partial charge in [-0.3, -0.25) is 0 Å². The maximum absolute atomic E-state index is 2.20. The van der Waals surface area contributed by atoms with Gasteiger partial charge in [0.15, 0.2) is 0 Å². The van der Waals surface area contributed by atoms with Crippen LogP contribution in [0.5, 0.6) is 0 Å². The van der Waals surface area contributed by atoms with Gasteiger partial charge < -0.3 is 0 Å². The SMILES string of the molecule is Cc1c(C)c(C)[c-](C)c1C.Cc1c(C)c(C)[c-](C)c1C.[V]. The van der Waals surface area contributed by atoms with Crippen molar-refractivity contribution in [2.24, 2.45) is 0 Å². The molecule has 0 saturated carbocycles. The predicted octanol–water partition coefficient (Wildman–Crippen LogP) is 5.89. The minimum absolute atomic E-state index is 0. The molecule has 0 unspecified atom stereocenters. The van der Waals surface area contributed by atoms with Gasteiger partial charge in [0, 0.05) is 18.6 Å². The molecule has 2 aromatic carbocycles. The molecule has 2 rings (SSSR count). The van der Waals surface area contributed by atoms with Gasteiger partial charge in [0.2, 0.25) is 0 Å². The average Bonchev–Trinajstić information content (AvgIpc) is 2.71. The topological polar surface area (TPSA) is 0 Å². The number of hydrogen-bond acceptors (Lipinski definition) is 0. The second-order valence-electron chi connectivity index (χ2n) is 6.25. The number of rotatable bonds is 0. The zero-order valence-corrected chi connectivity index (χ0v) is 16.8. The molecule has 0 aromatic heterocycles. The predicted molar refractivity (Wildman–Crippen MR) is 91.4 cm³/mol. The third-order valence-electron chi connectivity index (χ3n) is 5.62. The van der Waals surface area contributed by atoms with Crippen LogP contribution in [0, 0.1) is 69.2 Å². The third kappa shape index (κ3) is 3.73. The second kappa shape index (κ2) is 7.52. The molecule has 0 spiro atoms. The van der Waals surface area contributed by atoms with Crippen LogP contribution in [0.4, 0.5) is 0 Å². The molecule has 0 aliphatic carbocycles. The van der Waals surface area contributed by atoms with Gasteiger partial charge in [0.05, 0.1) is 0 Å². The van der Waals surface area contributed by atoms with Crippen molar-refractivity contribution in [3.63, 3.8) is 0 Å². The van der Waals surface area contributed by atoms with E-state index in [9.17, 15) is 0 Å². The van der Waals surface area contributed by atoms with Crippen LogP contribution < -0.4 is 0 Å². The molecule has 0 atom stereocenters. The first-order chi connectivity index (χ1) is 9.11. The molecule has 0 nitrogen and oxygen atoms in total. The fraction of sp³-hybridized carbons (Fsp3) is 0.500. The average molecular weight is 321 g/mol. The van der Waals surface area contributed by atoms with E-state index in [0.29, 0.717) is 0 Å². The Labute approximate surface area is 143 Å². The Balaban J connectivity index is 0.000000364. The summed E-state index contributed by atoms with van der Waals surface area (Å²) in [5, 5.41) is 0. The van der Waals surface area contributed by atoms with E-state index >= 15 is 0 Å². The zero-order valence-electron chi connectivity index (χ0n) is 15.4. The first kappa shape index (κ1) is 20.3. The molecule has 0 amide bonds. The Morgan fingerprint density at radius 2 is 0.571 bits per heavy atom.